The number of aromatic nitrogens is 1. The number of guanidine groups is 1. The van der Waals surface area contributed by atoms with Gasteiger partial charge >= 0.3 is 0 Å². The Morgan fingerprint density at radius 1 is 1.28 bits per heavy atom. The van der Waals surface area contributed by atoms with Crippen molar-refractivity contribution in [3.05, 3.63) is 22.4 Å². The van der Waals surface area contributed by atoms with E-state index in [2.05, 4.69) is 9.98 Å². The third kappa shape index (κ3) is 4.11. The van der Waals surface area contributed by atoms with Gasteiger partial charge in [-0.2, -0.15) is 4.99 Å². The van der Waals surface area contributed by atoms with Crippen molar-refractivity contribution in [2.75, 3.05) is 0 Å². The normalized spacial score (nSPS) is 9.17. The summed E-state index contributed by atoms with van der Waals surface area (Å²) >= 11 is 3.03. The van der Waals surface area contributed by atoms with Crippen LogP contribution in [0.25, 0.3) is 10.6 Å². The zero-order valence-corrected chi connectivity index (χ0v) is 12.5. The maximum atomic E-state index is 5.55. The van der Waals surface area contributed by atoms with Crippen molar-refractivity contribution in [2.45, 2.75) is 6.54 Å². The summed E-state index contributed by atoms with van der Waals surface area (Å²) in [5, 5.41) is 2.49. The number of rotatable bonds is 3. The molecule has 0 aromatic carbocycles. The van der Waals surface area contributed by atoms with Crippen LogP contribution in [0.1, 0.15) is 4.88 Å². The predicted octanol–water partition coefficient (Wildman–Crippen LogP) is 2.08. The van der Waals surface area contributed by atoms with E-state index >= 15 is 0 Å². The molecule has 0 aliphatic carbocycles. The van der Waals surface area contributed by atoms with Gasteiger partial charge in [-0.15, -0.1) is 47.5 Å². The number of halogens is 2. The first-order valence-corrected chi connectivity index (χ1v) is 6.23. The van der Waals surface area contributed by atoms with Crippen molar-refractivity contribution in [1.29, 1.82) is 0 Å². The second-order valence-electron chi connectivity index (χ2n) is 3.02. The van der Waals surface area contributed by atoms with Gasteiger partial charge in [0.05, 0.1) is 10.6 Å². The van der Waals surface area contributed by atoms with E-state index in [-0.39, 0.29) is 30.8 Å². The first-order chi connectivity index (χ1) is 7.69. The quantitative estimate of drug-likeness (QED) is 0.593. The van der Waals surface area contributed by atoms with Gasteiger partial charge in [0.1, 0.15) is 0 Å². The number of thiophene rings is 1. The molecule has 0 saturated carbocycles. The van der Waals surface area contributed by atoms with Crippen LogP contribution in [0.15, 0.2) is 22.5 Å². The van der Waals surface area contributed by atoms with Gasteiger partial charge in [-0.05, 0) is 12.1 Å². The summed E-state index contributed by atoms with van der Waals surface area (Å²) in [6.07, 6.45) is 0. The highest BCUT2D eigenvalue weighted by molar-refractivity contribution is 7.16. The summed E-state index contributed by atoms with van der Waals surface area (Å²) < 4.78 is 0. The molecule has 100 valence electrons. The molecule has 2 aromatic rings. The zero-order chi connectivity index (χ0) is 11.5. The summed E-state index contributed by atoms with van der Waals surface area (Å²) in [7, 11) is 0. The number of nitrogens with zero attached hydrogens (tertiary/aromatic N) is 2. The molecule has 2 rings (SSSR count). The molecule has 0 aliphatic heterocycles. The van der Waals surface area contributed by atoms with Crippen LogP contribution in [0.5, 0.6) is 0 Å². The molecule has 9 heteroatoms. The average molecular weight is 326 g/mol. The lowest BCUT2D eigenvalue weighted by Crippen LogP contribution is -2.21. The number of hydrogen-bond acceptors (Lipinski definition) is 5. The topological polar surface area (TPSA) is 103 Å². The first kappa shape index (κ1) is 17.1. The Morgan fingerprint density at radius 3 is 2.56 bits per heavy atom. The highest BCUT2D eigenvalue weighted by atomic mass is 35.5. The van der Waals surface area contributed by atoms with Gasteiger partial charge in [0, 0.05) is 16.8 Å². The molecule has 0 spiro atoms. The van der Waals surface area contributed by atoms with Crippen LogP contribution in [0.3, 0.4) is 0 Å². The molecule has 0 bridgehead atoms. The monoisotopic (exact) mass is 325 g/mol. The number of hydrogen-bond donors (Lipinski definition) is 3. The number of aliphatic imine (C=N–C) groups is 1. The lowest BCUT2D eigenvalue weighted by molar-refractivity contribution is 1.11. The van der Waals surface area contributed by atoms with E-state index in [1.54, 1.807) is 11.3 Å². The molecule has 0 fully saturated rings. The van der Waals surface area contributed by atoms with Gasteiger partial charge in [-0.25, -0.2) is 4.98 Å². The molecule has 6 N–H and O–H groups in total. The van der Waals surface area contributed by atoms with E-state index in [4.69, 9.17) is 17.2 Å². The van der Waals surface area contributed by atoms with E-state index in [1.807, 2.05) is 17.5 Å². The Labute approximate surface area is 125 Å². The highest BCUT2D eigenvalue weighted by Gasteiger charge is 2.06. The lowest BCUT2D eigenvalue weighted by atomic mass is 10.4. The van der Waals surface area contributed by atoms with Crippen LogP contribution >= 0.6 is 47.5 Å². The van der Waals surface area contributed by atoms with Gasteiger partial charge in [-0.1, -0.05) is 0 Å². The maximum Gasteiger partial charge on any atom is 0.212 e. The molecule has 2 aromatic heterocycles. The second kappa shape index (κ2) is 7.55. The Hall–Kier alpha value is -0.860. The van der Waals surface area contributed by atoms with Crippen molar-refractivity contribution in [1.82, 2.24) is 4.98 Å². The summed E-state index contributed by atoms with van der Waals surface area (Å²) in [6.45, 7) is 0.551. The fourth-order valence-electron chi connectivity index (χ4n) is 1.16. The minimum absolute atomic E-state index is 0. The van der Waals surface area contributed by atoms with Crippen molar-refractivity contribution in [3.63, 3.8) is 0 Å². The Kier molecular flexibility index (Phi) is 7.19. The van der Waals surface area contributed by atoms with Gasteiger partial charge in [0.15, 0.2) is 5.96 Å². The van der Waals surface area contributed by atoms with E-state index in [0.717, 1.165) is 15.4 Å². The van der Waals surface area contributed by atoms with Crippen molar-refractivity contribution in [2.24, 2.45) is 22.2 Å². The Morgan fingerprint density at radius 2 is 2.00 bits per heavy atom. The second-order valence-corrected chi connectivity index (χ2v) is 5.03. The Balaban J connectivity index is 0.00000144. The minimum atomic E-state index is 0. The molecule has 2 heterocycles. The van der Waals surface area contributed by atoms with E-state index in [0.29, 0.717) is 11.7 Å². The molecule has 0 atom stereocenters. The highest BCUT2D eigenvalue weighted by Crippen LogP contribution is 2.31. The zero-order valence-electron chi connectivity index (χ0n) is 9.20. The first-order valence-electron chi connectivity index (χ1n) is 4.53. The molecule has 0 amide bonds. The van der Waals surface area contributed by atoms with Gasteiger partial charge < -0.3 is 17.2 Å². The van der Waals surface area contributed by atoms with Gasteiger partial charge in [0.2, 0.25) is 5.13 Å². The molecule has 5 nitrogen and oxygen atoms in total. The van der Waals surface area contributed by atoms with Crippen molar-refractivity contribution >= 4 is 58.6 Å². The molecular weight excluding hydrogens is 313 g/mol. The smallest absolute Gasteiger partial charge is 0.212 e. The third-order valence-electron chi connectivity index (χ3n) is 1.83. The molecule has 0 radical (unpaired) electrons. The van der Waals surface area contributed by atoms with Gasteiger partial charge in [0.25, 0.3) is 0 Å². The van der Waals surface area contributed by atoms with Crippen LogP contribution in [0.4, 0.5) is 5.13 Å². The fraction of sp³-hybridized carbons (Fsp3) is 0.111. The molecule has 0 aliphatic rings. The summed E-state index contributed by atoms with van der Waals surface area (Å²) in [6, 6.07) is 4.00. The number of nitrogens with two attached hydrogens (primary N) is 3. The van der Waals surface area contributed by atoms with Crippen molar-refractivity contribution < 1.29 is 0 Å². The average Bonchev–Trinajstić information content (AvgIpc) is 2.83. The predicted molar refractivity (Wildman–Crippen MR) is 83.3 cm³/mol. The molecule has 18 heavy (non-hydrogen) atoms. The van der Waals surface area contributed by atoms with E-state index in [1.165, 1.54) is 11.3 Å². The van der Waals surface area contributed by atoms with Crippen molar-refractivity contribution in [3.8, 4) is 10.6 Å². The summed E-state index contributed by atoms with van der Waals surface area (Å²) in [4.78, 5) is 10.4. The largest absolute Gasteiger partial charge is 0.370 e. The molecular formula is C9H13Cl2N5S2. The van der Waals surface area contributed by atoms with Gasteiger partial charge in [-0.3, -0.25) is 0 Å². The van der Waals surface area contributed by atoms with E-state index in [9.17, 15) is 0 Å². The van der Waals surface area contributed by atoms with Crippen LogP contribution in [0.2, 0.25) is 0 Å². The third-order valence-corrected chi connectivity index (χ3v) is 3.70. The Bertz CT molecular complexity index is 519. The summed E-state index contributed by atoms with van der Waals surface area (Å²) in [5.41, 5.74) is 17.0. The number of thiazole rings is 1. The fourth-order valence-corrected chi connectivity index (χ4v) is 2.79. The van der Waals surface area contributed by atoms with Crippen LogP contribution in [0, 0.1) is 0 Å². The minimum Gasteiger partial charge on any atom is -0.370 e. The maximum absolute atomic E-state index is 5.55. The lowest BCUT2D eigenvalue weighted by Gasteiger charge is -1.89. The molecule has 0 unspecified atom stereocenters. The van der Waals surface area contributed by atoms with Crippen LogP contribution < -0.4 is 17.2 Å². The van der Waals surface area contributed by atoms with Crippen LogP contribution in [-0.2, 0) is 6.54 Å². The summed E-state index contributed by atoms with van der Waals surface area (Å²) in [5.74, 6) is 0.0229. The van der Waals surface area contributed by atoms with E-state index < -0.39 is 0 Å². The molecule has 0 saturated heterocycles. The standard InChI is InChI=1S/C9H11N5S2.2ClH/c10-3-5-1-2-7(16-5)6-4-15-9(13-6)14-8(11)12;;/h1-2,4H,3,10H2,(H4,11,12,13,14);2*1H. The van der Waals surface area contributed by atoms with Crippen LogP contribution in [-0.4, -0.2) is 10.9 Å². The SMILES string of the molecule is Cl.Cl.NCc1ccc(-c2csc(N=C(N)N)n2)s1.